The van der Waals surface area contributed by atoms with E-state index >= 15 is 0 Å². The molecule has 27 heavy (non-hydrogen) atoms. The minimum absolute atomic E-state index is 0.0224. The third-order valence-corrected chi connectivity index (χ3v) is 5.37. The summed E-state index contributed by atoms with van der Waals surface area (Å²) in [6, 6.07) is 6.51. The highest BCUT2D eigenvalue weighted by Gasteiger charge is 2.35. The first-order valence-corrected chi connectivity index (χ1v) is 10.00. The van der Waals surface area contributed by atoms with Crippen molar-refractivity contribution in [2.24, 2.45) is 0 Å². The Morgan fingerprint density at radius 2 is 1.85 bits per heavy atom. The Bertz CT molecular complexity index is 800. The average Bonchev–Trinajstić information content (AvgIpc) is 3.05. The lowest BCUT2D eigenvalue weighted by molar-refractivity contribution is 0.0130. The van der Waals surface area contributed by atoms with E-state index in [9.17, 15) is 9.18 Å². The van der Waals surface area contributed by atoms with Crippen LogP contribution in [0.15, 0.2) is 29.6 Å². The summed E-state index contributed by atoms with van der Waals surface area (Å²) >= 11 is 1.57. The largest absolute Gasteiger partial charge is 0.444 e. The molecule has 1 saturated heterocycles. The lowest BCUT2D eigenvalue weighted by atomic mass is 10.1. The molecule has 1 aliphatic rings. The molecule has 0 bridgehead atoms. The standard InChI is InChI=1S/C20H26FN3O2S/c1-13-11-24(19(25)26-20(3,4)5)14(2)10-23(13)18-22-17(12-27-18)15-6-8-16(21)9-7-15/h6-9,12-14H,10-11H2,1-5H3/t13?,14-/m0/s1. The molecule has 0 saturated carbocycles. The highest BCUT2D eigenvalue weighted by Crippen LogP contribution is 2.31. The number of hydrogen-bond acceptors (Lipinski definition) is 5. The molecule has 2 heterocycles. The van der Waals surface area contributed by atoms with E-state index in [-0.39, 0.29) is 24.0 Å². The molecule has 146 valence electrons. The van der Waals surface area contributed by atoms with Gasteiger partial charge >= 0.3 is 6.09 Å². The second-order valence-electron chi connectivity index (χ2n) is 8.01. The predicted octanol–water partition coefficient (Wildman–Crippen LogP) is 4.78. The molecule has 2 atom stereocenters. The number of carbonyl (C=O) groups is 1. The third kappa shape index (κ3) is 4.58. The Balaban J connectivity index is 1.72. The summed E-state index contributed by atoms with van der Waals surface area (Å²) in [6.07, 6.45) is -0.271. The molecule has 2 aromatic rings. The van der Waals surface area contributed by atoms with Crippen molar-refractivity contribution < 1.29 is 13.9 Å². The lowest BCUT2D eigenvalue weighted by Crippen LogP contribution is -2.59. The number of nitrogens with zero attached hydrogens (tertiary/aromatic N) is 3. The van der Waals surface area contributed by atoms with Crippen LogP contribution in [0.2, 0.25) is 0 Å². The number of carbonyl (C=O) groups excluding carboxylic acids is 1. The molecule has 1 aromatic heterocycles. The summed E-state index contributed by atoms with van der Waals surface area (Å²) in [7, 11) is 0. The number of halogens is 1. The van der Waals surface area contributed by atoms with Gasteiger partial charge in [0.25, 0.3) is 0 Å². The molecule has 0 N–H and O–H groups in total. The van der Waals surface area contributed by atoms with Crippen molar-refractivity contribution in [1.29, 1.82) is 0 Å². The highest BCUT2D eigenvalue weighted by atomic mass is 32.1. The van der Waals surface area contributed by atoms with Crippen LogP contribution in [0.4, 0.5) is 14.3 Å². The Hall–Kier alpha value is -2.15. The summed E-state index contributed by atoms with van der Waals surface area (Å²) in [6.45, 7) is 11.0. The molecule has 1 amide bonds. The molecule has 1 unspecified atom stereocenters. The van der Waals surface area contributed by atoms with Gasteiger partial charge in [-0.05, 0) is 58.9 Å². The van der Waals surface area contributed by atoms with Gasteiger partial charge in [0.05, 0.1) is 5.69 Å². The van der Waals surface area contributed by atoms with Gasteiger partial charge in [-0.15, -0.1) is 11.3 Å². The van der Waals surface area contributed by atoms with Crippen LogP contribution in [0.5, 0.6) is 0 Å². The van der Waals surface area contributed by atoms with Crippen molar-refractivity contribution in [3.63, 3.8) is 0 Å². The zero-order valence-electron chi connectivity index (χ0n) is 16.4. The van der Waals surface area contributed by atoms with Crippen LogP contribution in [-0.2, 0) is 4.74 Å². The van der Waals surface area contributed by atoms with Crippen molar-refractivity contribution in [1.82, 2.24) is 9.88 Å². The van der Waals surface area contributed by atoms with Gasteiger partial charge in [-0.2, -0.15) is 0 Å². The number of hydrogen-bond donors (Lipinski definition) is 0. The molecule has 3 rings (SSSR count). The number of rotatable bonds is 2. The van der Waals surface area contributed by atoms with E-state index in [4.69, 9.17) is 9.72 Å². The van der Waals surface area contributed by atoms with Crippen molar-refractivity contribution >= 4 is 22.6 Å². The van der Waals surface area contributed by atoms with Crippen LogP contribution >= 0.6 is 11.3 Å². The van der Waals surface area contributed by atoms with E-state index in [1.54, 1.807) is 28.4 Å². The molecule has 5 nitrogen and oxygen atoms in total. The van der Waals surface area contributed by atoms with E-state index in [0.29, 0.717) is 13.1 Å². The monoisotopic (exact) mass is 391 g/mol. The van der Waals surface area contributed by atoms with Crippen molar-refractivity contribution in [2.75, 3.05) is 18.0 Å². The fraction of sp³-hybridized carbons (Fsp3) is 0.500. The molecule has 1 aliphatic heterocycles. The van der Waals surface area contributed by atoms with E-state index in [1.807, 2.05) is 33.1 Å². The van der Waals surface area contributed by atoms with Gasteiger partial charge in [0, 0.05) is 36.1 Å². The normalized spacial score (nSPS) is 20.7. The van der Waals surface area contributed by atoms with E-state index in [1.165, 1.54) is 12.1 Å². The number of amides is 1. The predicted molar refractivity (Wildman–Crippen MR) is 107 cm³/mol. The first kappa shape index (κ1) is 19.6. The van der Waals surface area contributed by atoms with Crippen molar-refractivity contribution in [3.8, 4) is 11.3 Å². The summed E-state index contributed by atoms with van der Waals surface area (Å²) in [5, 5.41) is 2.90. The molecule has 1 aromatic carbocycles. The molecule has 0 radical (unpaired) electrons. The smallest absolute Gasteiger partial charge is 0.410 e. The number of anilines is 1. The molecule has 0 spiro atoms. The summed E-state index contributed by atoms with van der Waals surface area (Å²) in [4.78, 5) is 21.2. The molecule has 7 heteroatoms. The summed E-state index contributed by atoms with van der Waals surface area (Å²) < 4.78 is 18.7. The zero-order valence-corrected chi connectivity index (χ0v) is 17.2. The Morgan fingerprint density at radius 1 is 1.19 bits per heavy atom. The Kier molecular flexibility index (Phi) is 5.42. The first-order chi connectivity index (χ1) is 12.6. The molecule has 1 fully saturated rings. The Morgan fingerprint density at radius 3 is 2.48 bits per heavy atom. The number of thiazole rings is 1. The van der Waals surface area contributed by atoms with E-state index in [2.05, 4.69) is 11.8 Å². The lowest BCUT2D eigenvalue weighted by Gasteiger charge is -2.44. The van der Waals surface area contributed by atoms with Crippen molar-refractivity contribution in [2.45, 2.75) is 52.3 Å². The number of benzene rings is 1. The molecular weight excluding hydrogens is 365 g/mol. The maximum atomic E-state index is 13.1. The summed E-state index contributed by atoms with van der Waals surface area (Å²) in [5.74, 6) is -0.255. The highest BCUT2D eigenvalue weighted by molar-refractivity contribution is 7.14. The van der Waals surface area contributed by atoms with Gasteiger partial charge in [-0.3, -0.25) is 0 Å². The average molecular weight is 392 g/mol. The maximum absolute atomic E-state index is 13.1. The van der Waals surface area contributed by atoms with Crippen molar-refractivity contribution in [3.05, 3.63) is 35.5 Å². The second-order valence-corrected chi connectivity index (χ2v) is 8.84. The Labute approximate surface area is 163 Å². The van der Waals surface area contributed by atoms with Crippen LogP contribution in [0.25, 0.3) is 11.3 Å². The van der Waals surface area contributed by atoms with Gasteiger partial charge in [0.1, 0.15) is 11.4 Å². The maximum Gasteiger partial charge on any atom is 0.410 e. The fourth-order valence-electron chi connectivity index (χ4n) is 3.12. The van der Waals surface area contributed by atoms with Crippen LogP contribution in [-0.4, -0.2) is 46.8 Å². The third-order valence-electron chi connectivity index (χ3n) is 4.49. The number of piperazine rings is 1. The van der Waals surface area contributed by atoms with Gasteiger partial charge in [-0.1, -0.05) is 0 Å². The zero-order chi connectivity index (χ0) is 19.8. The second kappa shape index (κ2) is 7.46. The first-order valence-electron chi connectivity index (χ1n) is 9.12. The van der Waals surface area contributed by atoms with Gasteiger partial charge < -0.3 is 14.5 Å². The molecule has 0 aliphatic carbocycles. The topological polar surface area (TPSA) is 45.7 Å². The van der Waals surface area contributed by atoms with Crippen LogP contribution in [0, 0.1) is 5.82 Å². The quantitative estimate of drug-likeness (QED) is 0.739. The van der Waals surface area contributed by atoms with Gasteiger partial charge in [-0.25, -0.2) is 14.2 Å². The van der Waals surface area contributed by atoms with Crippen LogP contribution < -0.4 is 4.90 Å². The van der Waals surface area contributed by atoms with Gasteiger partial charge in [0.2, 0.25) is 0 Å². The SMILES string of the molecule is CC1CN(C(=O)OC(C)(C)C)[C@@H](C)CN1c1nc(-c2ccc(F)cc2)cs1. The van der Waals surface area contributed by atoms with Crippen LogP contribution in [0.1, 0.15) is 34.6 Å². The van der Waals surface area contributed by atoms with E-state index in [0.717, 1.165) is 16.4 Å². The van der Waals surface area contributed by atoms with E-state index < -0.39 is 5.60 Å². The number of ether oxygens (including phenoxy) is 1. The minimum atomic E-state index is -0.503. The molecular formula is C20H26FN3O2S. The number of aromatic nitrogens is 1. The minimum Gasteiger partial charge on any atom is -0.444 e. The fourth-order valence-corrected chi connectivity index (χ4v) is 4.06. The summed E-state index contributed by atoms with van der Waals surface area (Å²) in [5.41, 5.74) is 1.23. The van der Waals surface area contributed by atoms with Crippen LogP contribution in [0.3, 0.4) is 0 Å². The van der Waals surface area contributed by atoms with Gasteiger partial charge in [0.15, 0.2) is 5.13 Å².